The summed E-state index contributed by atoms with van der Waals surface area (Å²) in [5, 5.41) is 7.78. The molecule has 2 bridgehead atoms. The maximum atomic E-state index is 13.5. The highest BCUT2D eigenvalue weighted by Gasteiger charge is 2.36. The van der Waals surface area contributed by atoms with Gasteiger partial charge in [0.15, 0.2) is 0 Å². The molecular formula is C24H24ClFN6OS. The summed E-state index contributed by atoms with van der Waals surface area (Å²) in [5.74, 6) is 0.256. The van der Waals surface area contributed by atoms with Crippen LogP contribution in [0.5, 0.6) is 0 Å². The van der Waals surface area contributed by atoms with Crippen molar-refractivity contribution in [3.05, 3.63) is 58.0 Å². The first-order valence-electron chi connectivity index (χ1n) is 11.5. The van der Waals surface area contributed by atoms with Gasteiger partial charge in [0.1, 0.15) is 22.8 Å². The lowest BCUT2D eigenvalue weighted by molar-refractivity contribution is -0.126. The molecule has 6 rings (SSSR count). The Balaban J connectivity index is 1.17. The number of hydrogen-bond donors (Lipinski definition) is 2. The van der Waals surface area contributed by atoms with E-state index in [9.17, 15) is 9.18 Å². The Morgan fingerprint density at radius 2 is 2.29 bits per heavy atom. The van der Waals surface area contributed by atoms with Crippen molar-refractivity contribution in [3.8, 4) is 0 Å². The molecule has 2 unspecified atom stereocenters. The number of benzene rings is 1. The fourth-order valence-corrected chi connectivity index (χ4v) is 6.57. The molecule has 10 heteroatoms. The lowest BCUT2D eigenvalue weighted by atomic mass is 10.0. The van der Waals surface area contributed by atoms with E-state index < -0.39 is 5.82 Å². The number of amides is 1. The van der Waals surface area contributed by atoms with Crippen LogP contribution in [0, 0.1) is 5.82 Å². The van der Waals surface area contributed by atoms with Gasteiger partial charge >= 0.3 is 0 Å². The highest BCUT2D eigenvalue weighted by molar-refractivity contribution is 7.19. The second-order valence-corrected chi connectivity index (χ2v) is 10.5. The van der Waals surface area contributed by atoms with Gasteiger partial charge in [-0.1, -0.05) is 17.7 Å². The summed E-state index contributed by atoms with van der Waals surface area (Å²) in [6, 6.07) is 5.72. The summed E-state index contributed by atoms with van der Waals surface area (Å²) >= 11 is 7.53. The molecule has 176 valence electrons. The average Bonchev–Trinajstić information content (AvgIpc) is 3.55. The number of hydrogen-bond acceptors (Lipinski definition) is 7. The van der Waals surface area contributed by atoms with E-state index in [-0.39, 0.29) is 10.9 Å². The van der Waals surface area contributed by atoms with Crippen LogP contribution in [0.25, 0.3) is 10.2 Å². The molecule has 2 N–H and O–H groups in total. The Morgan fingerprint density at radius 1 is 1.38 bits per heavy atom. The van der Waals surface area contributed by atoms with Crippen molar-refractivity contribution in [2.75, 3.05) is 31.5 Å². The summed E-state index contributed by atoms with van der Waals surface area (Å²) in [7, 11) is 0. The van der Waals surface area contributed by atoms with Gasteiger partial charge in [-0.25, -0.2) is 14.4 Å². The number of aromatic nitrogens is 2. The number of halogens is 2. The van der Waals surface area contributed by atoms with Gasteiger partial charge in [0.05, 0.1) is 17.0 Å². The molecule has 5 heterocycles. The summed E-state index contributed by atoms with van der Waals surface area (Å²) in [6.45, 7) is 4.17. The number of fused-ring (bicyclic) bond motifs is 5. The highest BCUT2D eigenvalue weighted by atomic mass is 35.5. The lowest BCUT2D eigenvalue weighted by Gasteiger charge is -2.27. The molecule has 2 fully saturated rings. The molecule has 2 saturated heterocycles. The van der Waals surface area contributed by atoms with Crippen LogP contribution >= 0.6 is 22.9 Å². The number of nitrogens with one attached hydrogen (secondary N) is 2. The van der Waals surface area contributed by atoms with Crippen molar-refractivity contribution >= 4 is 50.6 Å². The molecule has 3 aromatic rings. The van der Waals surface area contributed by atoms with Crippen molar-refractivity contribution < 1.29 is 9.18 Å². The SMILES string of the molecule is O=C(C=CCN1CC2CC1CN2)N1CCc2c(sc3ncnc(Nc4ccc(F)c(Cl)c4)c23)C1. The molecule has 7 nitrogen and oxygen atoms in total. The van der Waals surface area contributed by atoms with Crippen LogP contribution in [0.3, 0.4) is 0 Å². The van der Waals surface area contributed by atoms with Crippen molar-refractivity contribution in [3.63, 3.8) is 0 Å². The molecule has 2 atom stereocenters. The fourth-order valence-electron chi connectivity index (χ4n) is 5.19. The summed E-state index contributed by atoms with van der Waals surface area (Å²) < 4.78 is 13.5. The molecule has 1 amide bonds. The van der Waals surface area contributed by atoms with E-state index in [1.807, 2.05) is 11.0 Å². The monoisotopic (exact) mass is 498 g/mol. The third kappa shape index (κ3) is 4.07. The van der Waals surface area contributed by atoms with E-state index in [1.165, 1.54) is 24.4 Å². The molecule has 3 aliphatic heterocycles. The molecule has 2 aromatic heterocycles. The first-order chi connectivity index (χ1) is 16.5. The van der Waals surface area contributed by atoms with Crippen LogP contribution < -0.4 is 10.6 Å². The number of nitrogens with zero attached hydrogens (tertiary/aromatic N) is 4. The highest BCUT2D eigenvalue weighted by Crippen LogP contribution is 2.38. The number of carbonyl (C=O) groups excluding carboxylic acids is 1. The zero-order valence-corrected chi connectivity index (χ0v) is 20.0. The van der Waals surface area contributed by atoms with Gasteiger partial charge in [-0.05, 0) is 36.6 Å². The van der Waals surface area contributed by atoms with Gasteiger partial charge in [0.25, 0.3) is 0 Å². The van der Waals surface area contributed by atoms with E-state index in [0.717, 1.165) is 41.1 Å². The maximum absolute atomic E-state index is 13.5. The first kappa shape index (κ1) is 21.9. The van der Waals surface area contributed by atoms with Crippen molar-refractivity contribution in [1.82, 2.24) is 25.1 Å². The summed E-state index contributed by atoms with van der Waals surface area (Å²) in [6.07, 6.45) is 7.21. The van der Waals surface area contributed by atoms with Crippen molar-refractivity contribution in [2.45, 2.75) is 31.5 Å². The van der Waals surface area contributed by atoms with Gasteiger partial charge in [-0.3, -0.25) is 9.69 Å². The van der Waals surface area contributed by atoms with E-state index in [0.29, 0.717) is 36.7 Å². The van der Waals surface area contributed by atoms with Crippen LogP contribution in [-0.4, -0.2) is 63.9 Å². The normalized spacial score (nSPS) is 22.1. The van der Waals surface area contributed by atoms with Gasteiger partial charge in [-0.15, -0.1) is 11.3 Å². The van der Waals surface area contributed by atoms with E-state index in [1.54, 1.807) is 29.5 Å². The van der Waals surface area contributed by atoms with Crippen LogP contribution in [0.15, 0.2) is 36.7 Å². The molecule has 1 aromatic carbocycles. The summed E-state index contributed by atoms with van der Waals surface area (Å²) in [4.78, 5) is 28.1. The molecule has 3 aliphatic rings. The van der Waals surface area contributed by atoms with Gasteiger partial charge in [-0.2, -0.15) is 0 Å². The molecule has 0 radical (unpaired) electrons. The number of carbonyl (C=O) groups is 1. The number of thiophene rings is 1. The molecular weight excluding hydrogens is 475 g/mol. The van der Waals surface area contributed by atoms with Crippen molar-refractivity contribution in [1.29, 1.82) is 0 Å². The predicted molar refractivity (Wildman–Crippen MR) is 132 cm³/mol. The van der Waals surface area contributed by atoms with Gasteiger partial charge < -0.3 is 15.5 Å². The smallest absolute Gasteiger partial charge is 0.246 e. The van der Waals surface area contributed by atoms with Crippen LogP contribution in [0.4, 0.5) is 15.9 Å². The number of likely N-dealkylation sites (tertiary alicyclic amines) is 1. The van der Waals surface area contributed by atoms with Crippen LogP contribution in [0.1, 0.15) is 16.9 Å². The Bertz CT molecular complexity index is 1300. The zero-order valence-electron chi connectivity index (χ0n) is 18.4. The first-order valence-corrected chi connectivity index (χ1v) is 12.6. The Kier molecular flexibility index (Phi) is 5.73. The van der Waals surface area contributed by atoms with Crippen LogP contribution in [0.2, 0.25) is 5.02 Å². The Hall–Kier alpha value is -2.59. The Labute approximate surface area is 205 Å². The van der Waals surface area contributed by atoms with E-state index >= 15 is 0 Å². The Morgan fingerprint density at radius 3 is 3.09 bits per heavy atom. The van der Waals surface area contributed by atoms with E-state index in [4.69, 9.17) is 11.6 Å². The fraction of sp³-hybridized carbons (Fsp3) is 0.375. The largest absolute Gasteiger partial charge is 0.340 e. The number of anilines is 2. The van der Waals surface area contributed by atoms with Crippen LogP contribution in [-0.2, 0) is 17.8 Å². The standard InChI is InChI=1S/C24H24ClFN6OS/c25-18-9-14(3-4-19(18)26)30-23-22-17-5-7-32(12-20(17)34-24(22)29-13-28-23)21(33)2-1-6-31-11-15-8-16(31)10-27-15/h1-4,9,13,15-16,27H,5-8,10-12H2,(H,28,29,30). The second kappa shape index (κ2) is 8.88. The number of rotatable bonds is 5. The molecule has 0 aliphatic carbocycles. The molecule has 0 saturated carbocycles. The summed E-state index contributed by atoms with van der Waals surface area (Å²) in [5.41, 5.74) is 1.83. The van der Waals surface area contributed by atoms with Crippen molar-refractivity contribution in [2.24, 2.45) is 0 Å². The maximum Gasteiger partial charge on any atom is 0.246 e. The minimum atomic E-state index is -0.462. The predicted octanol–water partition coefficient (Wildman–Crippen LogP) is 3.71. The second-order valence-electron chi connectivity index (χ2n) is 9.02. The molecule has 0 spiro atoms. The minimum absolute atomic E-state index is 0.0518. The quantitative estimate of drug-likeness (QED) is 0.522. The molecule has 34 heavy (non-hydrogen) atoms. The lowest BCUT2D eigenvalue weighted by Crippen LogP contribution is -2.43. The third-order valence-corrected chi connectivity index (χ3v) is 8.32. The number of piperazine rings is 1. The van der Waals surface area contributed by atoms with Gasteiger partial charge in [0.2, 0.25) is 5.91 Å². The van der Waals surface area contributed by atoms with E-state index in [2.05, 4.69) is 25.5 Å². The topological polar surface area (TPSA) is 73.4 Å². The zero-order chi connectivity index (χ0) is 23.2. The minimum Gasteiger partial charge on any atom is -0.340 e. The van der Waals surface area contributed by atoms with Gasteiger partial charge in [0, 0.05) is 54.9 Å². The average molecular weight is 499 g/mol. The third-order valence-electron chi connectivity index (χ3n) is 6.90.